The third-order valence-electron chi connectivity index (χ3n) is 2.84. The highest BCUT2D eigenvalue weighted by atomic mass is 35.5. The molecule has 0 spiro atoms. The maximum Gasteiger partial charge on any atom is 0.188 e. The van der Waals surface area contributed by atoms with Crippen molar-refractivity contribution in [2.24, 2.45) is 0 Å². The summed E-state index contributed by atoms with van der Waals surface area (Å²) in [6, 6.07) is 10.1. The molecule has 0 aliphatic rings. The summed E-state index contributed by atoms with van der Waals surface area (Å²) in [5.74, 6) is 0.448. The van der Waals surface area contributed by atoms with E-state index in [1.807, 2.05) is 0 Å². The lowest BCUT2D eigenvalue weighted by Gasteiger charge is -2.08. The van der Waals surface area contributed by atoms with Crippen molar-refractivity contribution < 1.29 is 0 Å². The van der Waals surface area contributed by atoms with E-state index in [1.165, 1.54) is 4.68 Å². The summed E-state index contributed by atoms with van der Waals surface area (Å²) in [6.45, 7) is 0. The van der Waals surface area contributed by atoms with Gasteiger partial charge in [0.15, 0.2) is 5.82 Å². The van der Waals surface area contributed by atoms with Gasteiger partial charge in [-0.05, 0) is 46.8 Å². The predicted molar refractivity (Wildman–Crippen MR) is 84.0 cm³/mol. The average Bonchev–Trinajstić information content (AvgIpc) is 2.90. The number of hydrogen-bond acceptors (Lipinski definition) is 4. The van der Waals surface area contributed by atoms with Gasteiger partial charge in [0.05, 0.1) is 15.7 Å². The van der Waals surface area contributed by atoms with Crippen LogP contribution in [-0.2, 0) is 0 Å². The molecule has 1 aromatic heterocycles. The predicted octanol–water partition coefficient (Wildman–Crippen LogP) is 3.87. The number of benzene rings is 2. The fourth-order valence-electron chi connectivity index (χ4n) is 1.88. The molecule has 0 fully saturated rings. The Balaban J connectivity index is 2.19. The molecule has 8 heteroatoms. The Labute approximate surface area is 135 Å². The molecule has 2 N–H and O–H groups in total. The van der Waals surface area contributed by atoms with Gasteiger partial charge in [-0.25, -0.2) is 0 Å². The molecule has 0 bridgehead atoms. The fourth-order valence-corrected chi connectivity index (χ4v) is 2.52. The van der Waals surface area contributed by atoms with Crippen LogP contribution < -0.4 is 5.73 Å². The second-order valence-corrected chi connectivity index (χ2v) is 5.50. The van der Waals surface area contributed by atoms with Crippen molar-refractivity contribution in [1.29, 1.82) is 0 Å². The van der Waals surface area contributed by atoms with Crippen molar-refractivity contribution in [3.8, 4) is 17.1 Å². The minimum Gasteiger partial charge on any atom is -0.399 e. The number of aromatic nitrogens is 4. The topological polar surface area (TPSA) is 69.6 Å². The number of nitrogen functional groups attached to an aromatic ring is 1. The zero-order valence-electron chi connectivity index (χ0n) is 10.5. The van der Waals surface area contributed by atoms with Gasteiger partial charge in [-0.1, -0.05) is 34.8 Å². The molecule has 2 aromatic carbocycles. The van der Waals surface area contributed by atoms with E-state index in [2.05, 4.69) is 15.5 Å². The van der Waals surface area contributed by atoms with Crippen molar-refractivity contribution in [1.82, 2.24) is 20.2 Å². The second kappa shape index (κ2) is 5.52. The molecule has 0 atom stereocenters. The standard InChI is InChI=1S/C13H8Cl3N5/c14-7-1-4-10(15)12(5-7)21-13(18-19-20-21)9-3-2-8(17)6-11(9)16/h1-6H,17H2. The van der Waals surface area contributed by atoms with Crippen LogP contribution in [0.25, 0.3) is 17.1 Å². The van der Waals surface area contributed by atoms with Crippen LogP contribution in [-0.4, -0.2) is 20.2 Å². The minimum atomic E-state index is 0.448. The number of nitrogens with zero attached hydrogens (tertiary/aromatic N) is 4. The van der Waals surface area contributed by atoms with Gasteiger partial charge < -0.3 is 5.73 Å². The van der Waals surface area contributed by atoms with E-state index in [0.29, 0.717) is 37.8 Å². The van der Waals surface area contributed by atoms with Crippen LogP contribution in [0.5, 0.6) is 0 Å². The summed E-state index contributed by atoms with van der Waals surface area (Å²) in [7, 11) is 0. The molecule has 0 saturated heterocycles. The van der Waals surface area contributed by atoms with Crippen LogP contribution in [0.15, 0.2) is 36.4 Å². The summed E-state index contributed by atoms with van der Waals surface area (Å²) in [5.41, 5.74) is 7.46. The van der Waals surface area contributed by atoms with E-state index in [9.17, 15) is 0 Å². The average molecular weight is 341 g/mol. The molecule has 0 radical (unpaired) electrons. The van der Waals surface area contributed by atoms with Crippen LogP contribution in [0.1, 0.15) is 0 Å². The fraction of sp³-hybridized carbons (Fsp3) is 0. The van der Waals surface area contributed by atoms with Gasteiger partial charge in [0, 0.05) is 16.3 Å². The van der Waals surface area contributed by atoms with E-state index < -0.39 is 0 Å². The first-order valence-corrected chi connectivity index (χ1v) is 6.99. The van der Waals surface area contributed by atoms with Gasteiger partial charge in [0.25, 0.3) is 0 Å². The zero-order chi connectivity index (χ0) is 15.0. The minimum absolute atomic E-state index is 0.448. The first kappa shape index (κ1) is 14.1. The van der Waals surface area contributed by atoms with Crippen LogP contribution in [0.2, 0.25) is 15.1 Å². The van der Waals surface area contributed by atoms with Crippen LogP contribution >= 0.6 is 34.8 Å². The molecule has 5 nitrogen and oxygen atoms in total. The smallest absolute Gasteiger partial charge is 0.188 e. The first-order valence-electron chi connectivity index (χ1n) is 5.85. The third kappa shape index (κ3) is 2.68. The van der Waals surface area contributed by atoms with Gasteiger partial charge in [0.2, 0.25) is 0 Å². The molecule has 106 valence electrons. The van der Waals surface area contributed by atoms with E-state index in [1.54, 1.807) is 36.4 Å². The molecule has 21 heavy (non-hydrogen) atoms. The summed E-state index contributed by atoms with van der Waals surface area (Å²) >= 11 is 18.4. The van der Waals surface area contributed by atoms with Gasteiger partial charge >= 0.3 is 0 Å². The molecule has 3 aromatic rings. The van der Waals surface area contributed by atoms with Crippen molar-refractivity contribution in [2.75, 3.05) is 5.73 Å². The first-order chi connectivity index (χ1) is 10.1. The monoisotopic (exact) mass is 339 g/mol. The number of rotatable bonds is 2. The largest absolute Gasteiger partial charge is 0.399 e. The van der Waals surface area contributed by atoms with Gasteiger partial charge in [-0.15, -0.1) is 5.10 Å². The highest BCUT2D eigenvalue weighted by molar-refractivity contribution is 6.34. The quantitative estimate of drug-likeness (QED) is 0.719. The lowest BCUT2D eigenvalue weighted by molar-refractivity contribution is 0.791. The molecular formula is C13H8Cl3N5. The van der Waals surface area contributed by atoms with E-state index >= 15 is 0 Å². The van der Waals surface area contributed by atoms with E-state index in [4.69, 9.17) is 40.5 Å². The lowest BCUT2D eigenvalue weighted by atomic mass is 10.2. The van der Waals surface area contributed by atoms with Crippen molar-refractivity contribution in [3.63, 3.8) is 0 Å². The molecule has 0 unspecified atom stereocenters. The number of halogens is 3. The highest BCUT2D eigenvalue weighted by Gasteiger charge is 2.16. The Morgan fingerprint density at radius 2 is 1.76 bits per heavy atom. The van der Waals surface area contributed by atoms with Gasteiger partial charge in [0.1, 0.15) is 0 Å². The normalized spacial score (nSPS) is 10.8. The molecule has 1 heterocycles. The molecule has 3 rings (SSSR count). The highest BCUT2D eigenvalue weighted by Crippen LogP contribution is 2.31. The number of tetrazole rings is 1. The molecule has 0 saturated carbocycles. The maximum absolute atomic E-state index is 6.20. The van der Waals surface area contributed by atoms with Crippen LogP contribution in [0.4, 0.5) is 5.69 Å². The third-order valence-corrected chi connectivity index (χ3v) is 3.71. The van der Waals surface area contributed by atoms with Crippen molar-refractivity contribution >= 4 is 40.5 Å². The maximum atomic E-state index is 6.20. The summed E-state index contributed by atoms with van der Waals surface area (Å²) in [5, 5.41) is 13.1. The Kier molecular flexibility index (Phi) is 3.71. The van der Waals surface area contributed by atoms with Crippen molar-refractivity contribution in [3.05, 3.63) is 51.5 Å². The number of anilines is 1. The lowest BCUT2D eigenvalue weighted by Crippen LogP contribution is -2.01. The van der Waals surface area contributed by atoms with E-state index in [-0.39, 0.29) is 0 Å². The molecule has 0 aliphatic carbocycles. The number of nitrogens with two attached hydrogens (primary N) is 1. The van der Waals surface area contributed by atoms with Gasteiger partial charge in [-0.3, -0.25) is 0 Å². The molecule has 0 amide bonds. The van der Waals surface area contributed by atoms with Gasteiger partial charge in [-0.2, -0.15) is 4.68 Å². The summed E-state index contributed by atoms with van der Waals surface area (Å²) in [6.07, 6.45) is 0. The molecular weight excluding hydrogens is 333 g/mol. The SMILES string of the molecule is Nc1ccc(-c2nnnn2-c2cc(Cl)ccc2Cl)c(Cl)c1. The summed E-state index contributed by atoms with van der Waals surface area (Å²) < 4.78 is 1.48. The zero-order valence-corrected chi connectivity index (χ0v) is 12.7. The Hall–Kier alpha value is -1.82. The Bertz CT molecular complexity index is 815. The number of hydrogen-bond donors (Lipinski definition) is 1. The van der Waals surface area contributed by atoms with Crippen LogP contribution in [0, 0.1) is 0 Å². The Morgan fingerprint density at radius 1 is 0.952 bits per heavy atom. The van der Waals surface area contributed by atoms with Crippen LogP contribution in [0.3, 0.4) is 0 Å². The van der Waals surface area contributed by atoms with Crippen molar-refractivity contribution in [2.45, 2.75) is 0 Å². The summed E-state index contributed by atoms with van der Waals surface area (Å²) in [4.78, 5) is 0. The molecule has 0 aliphatic heterocycles. The Morgan fingerprint density at radius 3 is 2.52 bits per heavy atom. The van der Waals surface area contributed by atoms with E-state index in [0.717, 1.165) is 0 Å². The second-order valence-electron chi connectivity index (χ2n) is 4.25.